The topological polar surface area (TPSA) is 124 Å². The summed E-state index contributed by atoms with van der Waals surface area (Å²) in [6.07, 6.45) is 0.763. The monoisotopic (exact) mass is 498 g/mol. The van der Waals surface area contributed by atoms with Gasteiger partial charge < -0.3 is 5.11 Å². The highest BCUT2D eigenvalue weighted by molar-refractivity contribution is 7.86. The number of rotatable bonds is 5. The summed E-state index contributed by atoms with van der Waals surface area (Å²) in [5.74, 6) is 5.75. The summed E-state index contributed by atoms with van der Waals surface area (Å²) in [7, 11) is -3.54. The van der Waals surface area contributed by atoms with Crippen LogP contribution >= 0.6 is 11.3 Å². The molecular formula is C23H22N4O5S2. The van der Waals surface area contributed by atoms with E-state index in [-0.39, 0.29) is 13.0 Å². The van der Waals surface area contributed by atoms with Crippen LogP contribution in [0.15, 0.2) is 29.3 Å². The summed E-state index contributed by atoms with van der Waals surface area (Å²) < 4.78 is 28.6. The van der Waals surface area contributed by atoms with Crippen molar-refractivity contribution < 1.29 is 22.5 Å². The van der Waals surface area contributed by atoms with E-state index in [4.69, 9.17) is 4.99 Å². The SMILES string of the molecule is Cc1sc2c(c1C)C(c1ccc(C#CCOS(C)(=O)=O)cc1)=N[C@@H](CC(=O)O)c1nnc(C)n1-2. The first kappa shape index (κ1) is 23.8. The smallest absolute Gasteiger partial charge is 0.306 e. The van der Waals surface area contributed by atoms with E-state index in [0.29, 0.717) is 22.9 Å². The van der Waals surface area contributed by atoms with Crippen LogP contribution in [0.5, 0.6) is 0 Å². The Morgan fingerprint density at radius 3 is 2.56 bits per heavy atom. The lowest BCUT2D eigenvalue weighted by Crippen LogP contribution is -2.10. The molecule has 0 bridgehead atoms. The van der Waals surface area contributed by atoms with Crippen LogP contribution < -0.4 is 0 Å². The van der Waals surface area contributed by atoms with Gasteiger partial charge in [0.15, 0.2) is 5.82 Å². The number of fused-ring (bicyclic) bond motifs is 3. The standard InChI is InChI=1S/C23H22N4O5S2/c1-13-14(2)33-23-20(13)21(24-18(12-19(28)29)22-26-25-15(3)27(22)23)17-9-7-16(8-10-17)6-5-11-32-34(4,30)31/h7-10,18H,11-12H2,1-4H3,(H,28,29)/t18-/m0/s1. The molecule has 176 valence electrons. The molecule has 1 N–H and O–H groups in total. The molecule has 4 rings (SSSR count). The number of carboxylic acid groups (broad SMARTS) is 1. The highest BCUT2D eigenvalue weighted by Gasteiger charge is 2.32. The summed E-state index contributed by atoms with van der Waals surface area (Å²) in [6, 6.07) is 6.66. The van der Waals surface area contributed by atoms with E-state index in [1.54, 1.807) is 11.3 Å². The number of aryl methyl sites for hydroxylation is 2. The lowest BCUT2D eigenvalue weighted by atomic mass is 9.98. The molecule has 0 saturated heterocycles. The molecule has 3 aromatic rings. The molecule has 11 heteroatoms. The van der Waals surface area contributed by atoms with Gasteiger partial charge in [-0.25, -0.2) is 0 Å². The van der Waals surface area contributed by atoms with Gasteiger partial charge in [-0.2, -0.15) is 8.42 Å². The summed E-state index contributed by atoms with van der Waals surface area (Å²) in [6.45, 7) is 5.68. The van der Waals surface area contributed by atoms with Gasteiger partial charge in [0, 0.05) is 21.6 Å². The molecule has 1 aliphatic rings. The Labute approximate surface area is 201 Å². The van der Waals surface area contributed by atoms with Crippen molar-refractivity contribution in [2.45, 2.75) is 33.2 Å². The third-order valence-electron chi connectivity index (χ3n) is 5.34. The third kappa shape index (κ3) is 4.79. The van der Waals surface area contributed by atoms with E-state index >= 15 is 0 Å². The molecule has 0 radical (unpaired) electrons. The van der Waals surface area contributed by atoms with Gasteiger partial charge in [-0.15, -0.1) is 21.5 Å². The fourth-order valence-corrected chi connectivity index (χ4v) is 5.16. The maximum Gasteiger partial charge on any atom is 0.306 e. The molecule has 9 nitrogen and oxygen atoms in total. The molecular weight excluding hydrogens is 476 g/mol. The normalized spacial score (nSPS) is 14.9. The molecule has 0 saturated carbocycles. The van der Waals surface area contributed by atoms with Gasteiger partial charge in [0.05, 0.1) is 18.4 Å². The molecule has 0 fully saturated rings. The van der Waals surface area contributed by atoms with E-state index in [1.165, 1.54) is 0 Å². The quantitative estimate of drug-likeness (QED) is 0.424. The number of benzene rings is 1. The van der Waals surface area contributed by atoms with Crippen molar-refractivity contribution in [1.82, 2.24) is 14.8 Å². The molecule has 0 amide bonds. The average Bonchev–Trinajstić information content (AvgIpc) is 3.23. The fraction of sp³-hybridized carbons (Fsp3) is 0.304. The number of carboxylic acids is 1. The molecule has 1 aliphatic heterocycles. The zero-order chi connectivity index (χ0) is 24.6. The first-order valence-corrected chi connectivity index (χ1v) is 12.9. The maximum absolute atomic E-state index is 11.6. The summed E-state index contributed by atoms with van der Waals surface area (Å²) in [4.78, 5) is 17.6. The number of thiophene rings is 1. The second kappa shape index (κ2) is 9.13. The van der Waals surface area contributed by atoms with Gasteiger partial charge in [0.2, 0.25) is 0 Å². The average molecular weight is 499 g/mol. The van der Waals surface area contributed by atoms with Gasteiger partial charge in [0.25, 0.3) is 10.1 Å². The minimum atomic E-state index is -3.54. The molecule has 0 aliphatic carbocycles. The largest absolute Gasteiger partial charge is 0.481 e. The van der Waals surface area contributed by atoms with Crippen LogP contribution in [-0.4, -0.2) is 52.8 Å². The third-order valence-corrected chi connectivity index (χ3v) is 7.08. The Balaban J connectivity index is 1.78. The number of aromatic nitrogens is 3. The predicted octanol–water partition coefficient (Wildman–Crippen LogP) is 2.95. The number of aliphatic imine (C=N–C) groups is 1. The van der Waals surface area contributed by atoms with Crippen LogP contribution in [0.25, 0.3) is 5.00 Å². The van der Waals surface area contributed by atoms with Crippen LogP contribution in [0.4, 0.5) is 0 Å². The van der Waals surface area contributed by atoms with Gasteiger partial charge in [-0.05, 0) is 38.5 Å². The number of carbonyl (C=O) groups is 1. The van der Waals surface area contributed by atoms with E-state index in [2.05, 4.69) is 26.2 Å². The fourth-order valence-electron chi connectivity index (χ4n) is 3.68. The summed E-state index contributed by atoms with van der Waals surface area (Å²) >= 11 is 1.60. The second-order valence-corrected chi connectivity index (χ2v) is 10.7. The van der Waals surface area contributed by atoms with Crippen LogP contribution in [0.3, 0.4) is 0 Å². The Hall–Kier alpha value is -3.33. The van der Waals surface area contributed by atoms with Crippen molar-refractivity contribution in [2.75, 3.05) is 12.9 Å². The van der Waals surface area contributed by atoms with Crippen molar-refractivity contribution in [1.29, 1.82) is 0 Å². The molecule has 0 unspecified atom stereocenters. The minimum Gasteiger partial charge on any atom is -0.481 e. The van der Waals surface area contributed by atoms with Crippen LogP contribution in [-0.2, 0) is 19.1 Å². The Morgan fingerprint density at radius 2 is 1.91 bits per heavy atom. The Kier molecular flexibility index (Phi) is 6.40. The molecule has 0 spiro atoms. The van der Waals surface area contributed by atoms with Crippen LogP contribution in [0.2, 0.25) is 0 Å². The van der Waals surface area contributed by atoms with Gasteiger partial charge >= 0.3 is 5.97 Å². The summed E-state index contributed by atoms with van der Waals surface area (Å²) in [5, 5.41) is 18.9. The summed E-state index contributed by atoms with van der Waals surface area (Å²) in [5.41, 5.74) is 4.18. The highest BCUT2D eigenvalue weighted by atomic mass is 32.2. The first-order valence-electron chi connectivity index (χ1n) is 10.3. The van der Waals surface area contributed by atoms with Crippen molar-refractivity contribution in [2.24, 2.45) is 4.99 Å². The van der Waals surface area contributed by atoms with Crippen molar-refractivity contribution in [3.63, 3.8) is 0 Å². The lowest BCUT2D eigenvalue weighted by Gasteiger charge is -2.10. The Bertz CT molecular complexity index is 1470. The number of nitrogens with zero attached hydrogens (tertiary/aromatic N) is 4. The van der Waals surface area contributed by atoms with Gasteiger partial charge in [-0.3, -0.25) is 18.5 Å². The number of hydrogen-bond donors (Lipinski definition) is 1. The van der Waals surface area contributed by atoms with Crippen molar-refractivity contribution in [3.05, 3.63) is 63.0 Å². The molecule has 3 heterocycles. The van der Waals surface area contributed by atoms with Gasteiger partial charge in [-0.1, -0.05) is 24.0 Å². The number of hydrogen-bond acceptors (Lipinski definition) is 8. The van der Waals surface area contributed by atoms with E-state index in [0.717, 1.165) is 32.8 Å². The van der Waals surface area contributed by atoms with Crippen molar-refractivity contribution in [3.8, 4) is 16.8 Å². The van der Waals surface area contributed by atoms with E-state index in [1.807, 2.05) is 49.6 Å². The van der Waals surface area contributed by atoms with E-state index < -0.39 is 22.1 Å². The molecule has 1 atom stereocenters. The van der Waals surface area contributed by atoms with Crippen molar-refractivity contribution >= 4 is 33.1 Å². The zero-order valence-electron chi connectivity index (χ0n) is 19.0. The molecule has 2 aromatic heterocycles. The minimum absolute atomic E-state index is 0.210. The number of aliphatic carboxylic acids is 1. The Morgan fingerprint density at radius 1 is 1.21 bits per heavy atom. The van der Waals surface area contributed by atoms with Gasteiger partial charge in [0.1, 0.15) is 23.5 Å². The van der Waals surface area contributed by atoms with Crippen LogP contribution in [0, 0.1) is 32.6 Å². The molecule has 34 heavy (non-hydrogen) atoms. The van der Waals surface area contributed by atoms with E-state index in [9.17, 15) is 18.3 Å². The zero-order valence-corrected chi connectivity index (χ0v) is 20.6. The second-order valence-electron chi connectivity index (χ2n) is 7.84. The molecule has 1 aromatic carbocycles. The first-order chi connectivity index (χ1) is 16.0. The predicted molar refractivity (Wildman–Crippen MR) is 128 cm³/mol. The highest BCUT2D eigenvalue weighted by Crippen LogP contribution is 2.39. The maximum atomic E-state index is 11.6. The van der Waals surface area contributed by atoms with Crippen LogP contribution in [0.1, 0.15) is 51.2 Å². The lowest BCUT2D eigenvalue weighted by molar-refractivity contribution is -0.137.